The molecule has 0 saturated heterocycles. The minimum Gasteiger partial charge on any atom is -0.369 e. The summed E-state index contributed by atoms with van der Waals surface area (Å²) >= 11 is 8.93. The highest BCUT2D eigenvalue weighted by molar-refractivity contribution is 9.10. The van der Waals surface area contributed by atoms with Crippen LogP contribution in [0.1, 0.15) is 6.42 Å². The Bertz CT molecular complexity index is 281. The summed E-state index contributed by atoms with van der Waals surface area (Å²) in [6.07, 6.45) is 2.51. The van der Waals surface area contributed by atoms with Gasteiger partial charge in [0.25, 0.3) is 0 Å². The summed E-state index contributed by atoms with van der Waals surface area (Å²) in [5.41, 5.74) is 5.35. The average molecular weight is 266 g/mol. The summed E-state index contributed by atoms with van der Waals surface area (Å²) in [6.45, 7) is 1.44. The van der Waals surface area contributed by atoms with Crippen LogP contribution in [0, 0.1) is 0 Å². The van der Waals surface area contributed by atoms with Gasteiger partial charge in [0.05, 0.1) is 4.47 Å². The Balaban J connectivity index is 2.59. The first kappa shape index (κ1) is 10.7. The smallest absolute Gasteiger partial charge is 0.224 e. The summed E-state index contributed by atoms with van der Waals surface area (Å²) in [5, 5.41) is 3.33. The second-order valence-corrected chi connectivity index (χ2v) is 3.60. The molecule has 0 unspecified atom stereocenters. The lowest BCUT2D eigenvalue weighted by Gasteiger charge is -2.05. The minimum atomic E-state index is 0.235. The lowest BCUT2D eigenvalue weighted by molar-refractivity contribution is 0.868. The summed E-state index contributed by atoms with van der Waals surface area (Å²) < 4.78 is 0.800. The minimum absolute atomic E-state index is 0.235. The van der Waals surface area contributed by atoms with Gasteiger partial charge < -0.3 is 11.1 Å². The molecule has 6 heteroatoms. The first-order valence-electron chi connectivity index (χ1n) is 3.86. The Hall–Kier alpha value is -0.390. The largest absolute Gasteiger partial charge is 0.369 e. The molecule has 0 radical (unpaired) electrons. The van der Waals surface area contributed by atoms with Crippen LogP contribution in [0.2, 0.25) is 5.28 Å². The molecule has 4 nitrogen and oxygen atoms in total. The van der Waals surface area contributed by atoms with E-state index in [1.807, 2.05) is 0 Å². The maximum atomic E-state index is 5.62. The Morgan fingerprint density at radius 2 is 2.38 bits per heavy atom. The van der Waals surface area contributed by atoms with Crippen molar-refractivity contribution in [3.05, 3.63) is 16.0 Å². The van der Waals surface area contributed by atoms with Gasteiger partial charge in [-0.25, -0.2) is 4.98 Å². The molecule has 1 aromatic rings. The molecule has 0 bridgehead atoms. The molecular formula is C7H10BrClN4. The van der Waals surface area contributed by atoms with Gasteiger partial charge in [0.1, 0.15) is 5.82 Å². The predicted molar refractivity (Wildman–Crippen MR) is 56.9 cm³/mol. The fourth-order valence-corrected chi connectivity index (χ4v) is 1.24. The molecule has 0 atom stereocenters. The SMILES string of the molecule is NCCCNc1nc(Cl)ncc1Br. The number of anilines is 1. The first-order valence-corrected chi connectivity index (χ1v) is 5.03. The molecule has 1 rings (SSSR count). The van der Waals surface area contributed by atoms with E-state index in [1.54, 1.807) is 6.20 Å². The Labute approximate surface area is 90.0 Å². The maximum Gasteiger partial charge on any atom is 0.224 e. The van der Waals surface area contributed by atoms with Crippen molar-refractivity contribution < 1.29 is 0 Å². The van der Waals surface area contributed by atoms with E-state index in [4.69, 9.17) is 17.3 Å². The normalized spacial score (nSPS) is 10.1. The topological polar surface area (TPSA) is 63.8 Å². The maximum absolute atomic E-state index is 5.62. The van der Waals surface area contributed by atoms with Gasteiger partial charge in [-0.05, 0) is 40.5 Å². The predicted octanol–water partition coefficient (Wildman–Crippen LogP) is 1.65. The van der Waals surface area contributed by atoms with Crippen molar-refractivity contribution in [1.82, 2.24) is 9.97 Å². The van der Waals surface area contributed by atoms with Crippen molar-refractivity contribution >= 4 is 33.3 Å². The molecule has 0 aliphatic rings. The van der Waals surface area contributed by atoms with Crippen LogP contribution in [0.25, 0.3) is 0 Å². The highest BCUT2D eigenvalue weighted by Gasteiger charge is 2.01. The number of nitrogens with two attached hydrogens (primary N) is 1. The third-order valence-corrected chi connectivity index (χ3v) is 2.15. The highest BCUT2D eigenvalue weighted by atomic mass is 79.9. The van der Waals surface area contributed by atoms with Gasteiger partial charge in [0.2, 0.25) is 5.28 Å². The molecule has 0 aromatic carbocycles. The Morgan fingerprint density at radius 3 is 3.08 bits per heavy atom. The van der Waals surface area contributed by atoms with Crippen LogP contribution in [-0.2, 0) is 0 Å². The van der Waals surface area contributed by atoms with E-state index in [-0.39, 0.29) is 5.28 Å². The second-order valence-electron chi connectivity index (χ2n) is 2.40. The molecule has 0 fully saturated rings. The lowest BCUT2D eigenvalue weighted by atomic mass is 10.4. The fraction of sp³-hybridized carbons (Fsp3) is 0.429. The van der Waals surface area contributed by atoms with Crippen LogP contribution in [0.5, 0.6) is 0 Å². The molecule has 0 saturated carbocycles. The molecule has 13 heavy (non-hydrogen) atoms. The monoisotopic (exact) mass is 264 g/mol. The molecule has 0 amide bonds. The number of hydrogen-bond acceptors (Lipinski definition) is 4. The van der Waals surface area contributed by atoms with Crippen LogP contribution < -0.4 is 11.1 Å². The number of nitrogens with zero attached hydrogens (tertiary/aromatic N) is 2. The van der Waals surface area contributed by atoms with E-state index < -0.39 is 0 Å². The van der Waals surface area contributed by atoms with Crippen molar-refractivity contribution in [2.24, 2.45) is 5.73 Å². The van der Waals surface area contributed by atoms with E-state index in [9.17, 15) is 0 Å². The van der Waals surface area contributed by atoms with Crippen molar-refractivity contribution in [2.75, 3.05) is 18.4 Å². The van der Waals surface area contributed by atoms with E-state index in [0.717, 1.165) is 17.4 Å². The van der Waals surface area contributed by atoms with Crippen molar-refractivity contribution in [3.63, 3.8) is 0 Å². The van der Waals surface area contributed by atoms with Gasteiger partial charge in [0.15, 0.2) is 0 Å². The van der Waals surface area contributed by atoms with Gasteiger partial charge in [-0.15, -0.1) is 0 Å². The number of rotatable bonds is 4. The molecule has 1 aromatic heterocycles. The molecule has 0 spiro atoms. The molecular weight excluding hydrogens is 255 g/mol. The van der Waals surface area contributed by atoms with Crippen LogP contribution >= 0.6 is 27.5 Å². The first-order chi connectivity index (χ1) is 6.24. The quantitative estimate of drug-likeness (QED) is 0.642. The zero-order valence-corrected chi connectivity index (χ0v) is 9.27. The summed E-state index contributed by atoms with van der Waals surface area (Å²) in [4.78, 5) is 7.81. The van der Waals surface area contributed by atoms with E-state index in [0.29, 0.717) is 12.4 Å². The second kappa shape index (κ2) is 5.36. The zero-order valence-electron chi connectivity index (χ0n) is 6.93. The van der Waals surface area contributed by atoms with E-state index in [2.05, 4.69) is 31.2 Å². The molecule has 3 N–H and O–H groups in total. The Kier molecular flexibility index (Phi) is 4.41. The third-order valence-electron chi connectivity index (χ3n) is 1.39. The van der Waals surface area contributed by atoms with Crippen LogP contribution in [0.3, 0.4) is 0 Å². The van der Waals surface area contributed by atoms with Crippen molar-refractivity contribution in [3.8, 4) is 0 Å². The van der Waals surface area contributed by atoms with Gasteiger partial charge in [-0.1, -0.05) is 0 Å². The number of halogens is 2. The van der Waals surface area contributed by atoms with Crippen LogP contribution in [0.15, 0.2) is 10.7 Å². The standard InChI is InChI=1S/C7H10BrClN4/c8-5-4-12-7(9)13-6(5)11-3-1-2-10/h4H,1-3,10H2,(H,11,12,13). The Morgan fingerprint density at radius 1 is 1.62 bits per heavy atom. The number of aromatic nitrogens is 2. The summed E-state index contributed by atoms with van der Waals surface area (Å²) in [5.74, 6) is 0.702. The number of nitrogens with one attached hydrogen (secondary N) is 1. The summed E-state index contributed by atoms with van der Waals surface area (Å²) in [7, 11) is 0. The van der Waals surface area contributed by atoms with Crippen molar-refractivity contribution in [2.45, 2.75) is 6.42 Å². The zero-order chi connectivity index (χ0) is 9.68. The lowest BCUT2D eigenvalue weighted by Crippen LogP contribution is -2.09. The average Bonchev–Trinajstić information content (AvgIpc) is 2.11. The van der Waals surface area contributed by atoms with Gasteiger partial charge in [-0.2, -0.15) is 4.98 Å². The van der Waals surface area contributed by atoms with Crippen molar-refractivity contribution in [1.29, 1.82) is 0 Å². The van der Waals surface area contributed by atoms with Gasteiger partial charge >= 0.3 is 0 Å². The third kappa shape index (κ3) is 3.46. The fourth-order valence-electron chi connectivity index (χ4n) is 0.778. The summed E-state index contributed by atoms with van der Waals surface area (Å²) in [6, 6.07) is 0. The molecule has 0 aliphatic carbocycles. The highest BCUT2D eigenvalue weighted by Crippen LogP contribution is 2.19. The molecule has 0 aliphatic heterocycles. The van der Waals surface area contributed by atoms with Gasteiger partial charge in [-0.3, -0.25) is 0 Å². The molecule has 72 valence electrons. The van der Waals surface area contributed by atoms with Crippen LogP contribution in [-0.4, -0.2) is 23.1 Å². The molecule has 1 heterocycles. The van der Waals surface area contributed by atoms with E-state index in [1.165, 1.54) is 0 Å². The van der Waals surface area contributed by atoms with Gasteiger partial charge in [0, 0.05) is 12.7 Å². The number of hydrogen-bond donors (Lipinski definition) is 2. The van der Waals surface area contributed by atoms with E-state index >= 15 is 0 Å². The van der Waals surface area contributed by atoms with Crippen LogP contribution in [0.4, 0.5) is 5.82 Å².